The summed E-state index contributed by atoms with van der Waals surface area (Å²) in [5.74, 6) is 0.929. The molecule has 0 aromatic heterocycles. The van der Waals surface area contributed by atoms with Gasteiger partial charge in [-0.1, -0.05) is 5.92 Å². The van der Waals surface area contributed by atoms with Gasteiger partial charge in [0, 0.05) is 19.1 Å². The molecular weight excluding hydrogens is 210 g/mol. The molecule has 0 bridgehead atoms. The zero-order chi connectivity index (χ0) is 12.0. The quantitative estimate of drug-likeness (QED) is 0.682. The van der Waals surface area contributed by atoms with Gasteiger partial charge in [0.2, 0.25) is 5.91 Å². The highest BCUT2D eigenvalue weighted by molar-refractivity contribution is 5.83. The second kappa shape index (κ2) is 6.13. The Kier molecular flexibility index (Phi) is 4.80. The van der Waals surface area contributed by atoms with Crippen molar-refractivity contribution in [3.05, 3.63) is 0 Å². The lowest BCUT2D eigenvalue weighted by atomic mass is 9.98. The van der Waals surface area contributed by atoms with Crippen molar-refractivity contribution in [1.29, 1.82) is 0 Å². The first-order valence-electron chi connectivity index (χ1n) is 5.17. The highest BCUT2D eigenvalue weighted by Gasteiger charge is 2.26. The third-order valence-corrected chi connectivity index (χ3v) is 2.49. The summed E-state index contributed by atoms with van der Waals surface area (Å²) in [5.41, 5.74) is 0. The number of amides is 1. The summed E-state index contributed by atoms with van der Waals surface area (Å²) < 4.78 is 5.14. The van der Waals surface area contributed by atoms with Gasteiger partial charge in [-0.3, -0.25) is 9.59 Å². The van der Waals surface area contributed by atoms with E-state index in [0.29, 0.717) is 26.1 Å². The summed E-state index contributed by atoms with van der Waals surface area (Å²) in [5, 5.41) is 8.67. The Morgan fingerprint density at radius 2 is 2.06 bits per heavy atom. The number of aliphatic carboxylic acids is 1. The Morgan fingerprint density at radius 1 is 1.44 bits per heavy atom. The zero-order valence-electron chi connectivity index (χ0n) is 9.02. The molecule has 0 unspecified atom stereocenters. The fourth-order valence-corrected chi connectivity index (χ4v) is 1.69. The van der Waals surface area contributed by atoms with Crippen LogP contribution in [-0.2, 0) is 14.3 Å². The van der Waals surface area contributed by atoms with Crippen molar-refractivity contribution in [3.63, 3.8) is 0 Å². The summed E-state index contributed by atoms with van der Waals surface area (Å²) in [6.07, 6.45) is 6.39. The molecule has 0 aromatic carbocycles. The maximum Gasteiger partial charge on any atom is 0.323 e. The number of nitrogens with zero attached hydrogens (tertiary/aromatic N) is 1. The summed E-state index contributed by atoms with van der Waals surface area (Å²) in [6.45, 7) is 0.809. The molecule has 1 heterocycles. The molecule has 88 valence electrons. The van der Waals surface area contributed by atoms with Gasteiger partial charge in [-0.2, -0.15) is 0 Å². The number of hydrogen-bond acceptors (Lipinski definition) is 3. The average molecular weight is 225 g/mol. The van der Waals surface area contributed by atoms with Crippen LogP contribution in [0.1, 0.15) is 12.8 Å². The van der Waals surface area contributed by atoms with Gasteiger partial charge >= 0.3 is 5.97 Å². The van der Waals surface area contributed by atoms with Gasteiger partial charge in [0.05, 0.1) is 6.54 Å². The van der Waals surface area contributed by atoms with Crippen molar-refractivity contribution < 1.29 is 19.4 Å². The van der Waals surface area contributed by atoms with Crippen molar-refractivity contribution >= 4 is 11.9 Å². The van der Waals surface area contributed by atoms with E-state index < -0.39 is 5.97 Å². The highest BCUT2D eigenvalue weighted by atomic mass is 16.5. The topological polar surface area (TPSA) is 66.8 Å². The van der Waals surface area contributed by atoms with Crippen LogP contribution in [0.5, 0.6) is 0 Å². The van der Waals surface area contributed by atoms with Crippen LogP contribution >= 0.6 is 0 Å². The third-order valence-electron chi connectivity index (χ3n) is 2.49. The monoisotopic (exact) mass is 225 g/mol. The first-order chi connectivity index (χ1) is 7.65. The summed E-state index contributed by atoms with van der Waals surface area (Å²) in [6, 6.07) is 0. The zero-order valence-corrected chi connectivity index (χ0v) is 9.02. The molecule has 1 fully saturated rings. The molecule has 1 rings (SSSR count). The molecule has 0 aromatic rings. The van der Waals surface area contributed by atoms with Crippen LogP contribution in [0.25, 0.3) is 0 Å². The fourth-order valence-electron chi connectivity index (χ4n) is 1.69. The van der Waals surface area contributed by atoms with Gasteiger partial charge in [-0.15, -0.1) is 6.42 Å². The SMILES string of the molecule is C#CCN(CC(=O)O)C(=O)C1CCOCC1. The molecule has 0 radical (unpaired) electrons. The van der Waals surface area contributed by atoms with Crippen molar-refractivity contribution in [1.82, 2.24) is 4.90 Å². The van der Waals surface area contributed by atoms with Crippen molar-refractivity contribution in [2.75, 3.05) is 26.3 Å². The molecule has 16 heavy (non-hydrogen) atoms. The number of hydrogen-bond donors (Lipinski definition) is 1. The second-order valence-electron chi connectivity index (χ2n) is 3.68. The predicted octanol–water partition coefficient (Wildman–Crippen LogP) is -0.0406. The van der Waals surface area contributed by atoms with Crippen molar-refractivity contribution in [2.45, 2.75) is 12.8 Å². The van der Waals surface area contributed by atoms with Gasteiger partial charge in [0.25, 0.3) is 0 Å². The van der Waals surface area contributed by atoms with Gasteiger partial charge in [0.15, 0.2) is 0 Å². The van der Waals surface area contributed by atoms with E-state index in [1.54, 1.807) is 0 Å². The van der Waals surface area contributed by atoms with Gasteiger partial charge < -0.3 is 14.7 Å². The van der Waals surface area contributed by atoms with Gasteiger partial charge in [0.1, 0.15) is 6.54 Å². The Hall–Kier alpha value is -1.54. The molecule has 1 amide bonds. The lowest BCUT2D eigenvalue weighted by Crippen LogP contribution is -2.41. The number of carbonyl (C=O) groups is 2. The summed E-state index contributed by atoms with van der Waals surface area (Å²) in [4.78, 5) is 23.7. The minimum Gasteiger partial charge on any atom is -0.480 e. The molecule has 0 spiro atoms. The molecule has 0 saturated carbocycles. The van der Waals surface area contributed by atoms with Crippen LogP contribution in [0, 0.1) is 18.3 Å². The standard InChI is InChI=1S/C11H15NO4/c1-2-5-12(8-10(13)14)11(15)9-3-6-16-7-4-9/h1,9H,3-8H2,(H,13,14). The van der Waals surface area contributed by atoms with E-state index in [9.17, 15) is 9.59 Å². The smallest absolute Gasteiger partial charge is 0.323 e. The molecule has 1 aliphatic heterocycles. The van der Waals surface area contributed by atoms with Gasteiger partial charge in [-0.05, 0) is 12.8 Å². The van der Waals surface area contributed by atoms with Gasteiger partial charge in [-0.25, -0.2) is 0 Å². The number of terminal acetylenes is 1. The highest BCUT2D eigenvalue weighted by Crippen LogP contribution is 2.17. The number of carboxylic acid groups (broad SMARTS) is 1. The third kappa shape index (κ3) is 3.55. The molecule has 5 nitrogen and oxygen atoms in total. The van der Waals surface area contributed by atoms with Crippen molar-refractivity contribution in [3.8, 4) is 12.3 Å². The van der Waals surface area contributed by atoms with E-state index >= 15 is 0 Å². The molecule has 1 aliphatic rings. The predicted molar refractivity (Wildman–Crippen MR) is 56.6 cm³/mol. The Morgan fingerprint density at radius 3 is 2.56 bits per heavy atom. The summed E-state index contributed by atoms with van der Waals surface area (Å²) in [7, 11) is 0. The minimum atomic E-state index is -1.05. The van der Waals surface area contributed by atoms with Crippen LogP contribution in [0.2, 0.25) is 0 Å². The molecule has 1 saturated heterocycles. The number of carbonyl (C=O) groups excluding carboxylic acids is 1. The molecule has 1 N–H and O–H groups in total. The second-order valence-corrected chi connectivity index (χ2v) is 3.68. The van der Waals surface area contributed by atoms with Crippen LogP contribution in [-0.4, -0.2) is 48.2 Å². The van der Waals surface area contributed by atoms with E-state index in [4.69, 9.17) is 16.3 Å². The van der Waals surface area contributed by atoms with Crippen molar-refractivity contribution in [2.24, 2.45) is 5.92 Å². The molecular formula is C11H15NO4. The molecule has 5 heteroatoms. The Bertz CT molecular complexity index is 302. The number of ether oxygens (including phenoxy) is 1. The normalized spacial score (nSPS) is 16.4. The first-order valence-corrected chi connectivity index (χ1v) is 5.17. The Balaban J connectivity index is 2.58. The maximum absolute atomic E-state index is 11.9. The lowest BCUT2D eigenvalue weighted by molar-refractivity contribution is -0.147. The van der Waals surface area contributed by atoms with Crippen LogP contribution in [0.4, 0.5) is 0 Å². The molecule has 0 aliphatic carbocycles. The number of carboxylic acids is 1. The van der Waals surface area contributed by atoms with Crippen LogP contribution in [0.15, 0.2) is 0 Å². The average Bonchev–Trinajstić information content (AvgIpc) is 2.28. The van der Waals surface area contributed by atoms with Crippen LogP contribution in [0.3, 0.4) is 0 Å². The lowest BCUT2D eigenvalue weighted by Gasteiger charge is -2.26. The fraction of sp³-hybridized carbons (Fsp3) is 0.636. The Labute approximate surface area is 94.4 Å². The van der Waals surface area contributed by atoms with E-state index in [1.165, 1.54) is 4.90 Å². The minimum absolute atomic E-state index is 0.0441. The first kappa shape index (κ1) is 12.5. The van der Waals surface area contributed by atoms with Crippen LogP contribution < -0.4 is 0 Å². The molecule has 0 atom stereocenters. The maximum atomic E-state index is 11.9. The number of rotatable bonds is 4. The summed E-state index contributed by atoms with van der Waals surface area (Å²) >= 11 is 0. The van der Waals surface area contributed by atoms with E-state index in [1.807, 2.05) is 0 Å². The van der Waals surface area contributed by atoms with E-state index in [0.717, 1.165) is 0 Å². The van der Waals surface area contributed by atoms with E-state index in [-0.39, 0.29) is 24.9 Å². The van der Waals surface area contributed by atoms with E-state index in [2.05, 4.69) is 5.92 Å². The largest absolute Gasteiger partial charge is 0.480 e.